The number of benzene rings is 1. The van der Waals surface area contributed by atoms with Crippen molar-refractivity contribution in [3.05, 3.63) is 29.8 Å². The van der Waals surface area contributed by atoms with Gasteiger partial charge in [0.1, 0.15) is 0 Å². The van der Waals surface area contributed by atoms with Crippen LogP contribution < -0.4 is 5.32 Å². The van der Waals surface area contributed by atoms with Crippen LogP contribution in [0, 0.1) is 5.92 Å². The lowest BCUT2D eigenvalue weighted by atomic mass is 10.1. The molecule has 0 saturated carbocycles. The van der Waals surface area contributed by atoms with Crippen LogP contribution >= 0.6 is 0 Å². The third-order valence-electron chi connectivity index (χ3n) is 3.12. The fourth-order valence-electron chi connectivity index (χ4n) is 2.11. The Kier molecular flexibility index (Phi) is 4.11. The van der Waals surface area contributed by atoms with Crippen LogP contribution in [0.2, 0.25) is 0 Å². The molecule has 2 nitrogen and oxygen atoms in total. The van der Waals surface area contributed by atoms with Crippen molar-refractivity contribution >= 4 is 5.69 Å². The van der Waals surface area contributed by atoms with Gasteiger partial charge in [-0.15, -0.1) is 0 Å². The van der Waals surface area contributed by atoms with Crippen LogP contribution in [0.4, 0.5) is 18.9 Å². The van der Waals surface area contributed by atoms with Crippen LogP contribution in [0.5, 0.6) is 0 Å². The first-order chi connectivity index (χ1) is 8.57. The second-order valence-electron chi connectivity index (χ2n) is 4.49. The van der Waals surface area contributed by atoms with Gasteiger partial charge in [-0.1, -0.05) is 12.1 Å². The molecule has 0 bridgehead atoms. The highest BCUT2D eigenvalue weighted by atomic mass is 19.4. The van der Waals surface area contributed by atoms with Gasteiger partial charge < -0.3 is 10.1 Å². The van der Waals surface area contributed by atoms with E-state index in [-0.39, 0.29) is 5.69 Å². The summed E-state index contributed by atoms with van der Waals surface area (Å²) < 4.78 is 43.4. The molecule has 1 atom stereocenters. The summed E-state index contributed by atoms with van der Waals surface area (Å²) in [6, 6.07) is 5.57. The number of nitrogens with one attached hydrogen (secondary N) is 1. The van der Waals surface area contributed by atoms with Crippen molar-refractivity contribution in [2.45, 2.75) is 19.0 Å². The summed E-state index contributed by atoms with van der Waals surface area (Å²) in [5.41, 5.74) is -0.448. The van der Waals surface area contributed by atoms with Crippen molar-refractivity contribution in [1.29, 1.82) is 0 Å². The fourth-order valence-corrected chi connectivity index (χ4v) is 2.11. The molecule has 0 aromatic heterocycles. The normalized spacial score (nSPS) is 20.1. The molecule has 1 heterocycles. The van der Waals surface area contributed by atoms with Gasteiger partial charge in [0.2, 0.25) is 0 Å². The highest BCUT2D eigenvalue weighted by Gasteiger charge is 2.33. The molecule has 5 heteroatoms. The Morgan fingerprint density at radius 3 is 2.72 bits per heavy atom. The molecule has 0 spiro atoms. The number of rotatable bonds is 4. The SMILES string of the molecule is FC(F)(F)c1ccccc1NCCC1CCOC1. The summed E-state index contributed by atoms with van der Waals surface area (Å²) >= 11 is 0. The van der Waals surface area contributed by atoms with Crippen LogP contribution in [-0.4, -0.2) is 19.8 Å². The molecule has 0 radical (unpaired) electrons. The van der Waals surface area contributed by atoms with Crippen LogP contribution in [0.25, 0.3) is 0 Å². The van der Waals surface area contributed by atoms with Crippen LogP contribution in [0.3, 0.4) is 0 Å². The molecule has 18 heavy (non-hydrogen) atoms. The second-order valence-corrected chi connectivity index (χ2v) is 4.49. The Labute approximate surface area is 104 Å². The second kappa shape index (κ2) is 5.61. The summed E-state index contributed by atoms with van der Waals surface area (Å²) in [7, 11) is 0. The molecular formula is C13H16F3NO. The minimum atomic E-state index is -4.31. The van der Waals surface area contributed by atoms with Crippen LogP contribution in [0.1, 0.15) is 18.4 Å². The van der Waals surface area contributed by atoms with E-state index in [0.29, 0.717) is 12.5 Å². The predicted molar refractivity (Wildman–Crippen MR) is 63.5 cm³/mol. The zero-order valence-corrected chi connectivity index (χ0v) is 9.96. The molecule has 1 aromatic rings. The average Bonchev–Trinajstić information content (AvgIpc) is 2.81. The Bertz CT molecular complexity index is 386. The van der Waals surface area contributed by atoms with E-state index in [4.69, 9.17) is 4.74 Å². The molecule has 100 valence electrons. The third kappa shape index (κ3) is 3.38. The number of anilines is 1. The van der Waals surface area contributed by atoms with E-state index in [2.05, 4.69) is 5.32 Å². The smallest absolute Gasteiger partial charge is 0.385 e. The third-order valence-corrected chi connectivity index (χ3v) is 3.12. The van der Waals surface area contributed by atoms with Crippen molar-refractivity contribution in [3.8, 4) is 0 Å². The lowest BCUT2D eigenvalue weighted by Crippen LogP contribution is -2.13. The molecule has 0 amide bonds. The maximum absolute atomic E-state index is 12.7. The van der Waals surface area contributed by atoms with Crippen molar-refractivity contribution < 1.29 is 17.9 Å². The van der Waals surface area contributed by atoms with Gasteiger partial charge >= 0.3 is 6.18 Å². The monoisotopic (exact) mass is 259 g/mol. The van der Waals surface area contributed by atoms with Gasteiger partial charge in [0, 0.05) is 25.4 Å². The average molecular weight is 259 g/mol. The Morgan fingerprint density at radius 2 is 2.06 bits per heavy atom. The minimum Gasteiger partial charge on any atom is -0.385 e. The van der Waals surface area contributed by atoms with Crippen molar-refractivity contribution in [1.82, 2.24) is 0 Å². The zero-order valence-electron chi connectivity index (χ0n) is 9.96. The Morgan fingerprint density at radius 1 is 1.28 bits per heavy atom. The first-order valence-corrected chi connectivity index (χ1v) is 6.05. The minimum absolute atomic E-state index is 0.156. The molecular weight excluding hydrogens is 243 g/mol. The van der Waals surface area contributed by atoms with Gasteiger partial charge in [0.05, 0.1) is 5.56 Å². The molecule has 1 saturated heterocycles. The number of para-hydroxylation sites is 1. The summed E-state index contributed by atoms with van der Waals surface area (Å²) in [6.45, 7) is 2.04. The molecule has 1 aliphatic rings. The van der Waals surface area contributed by atoms with E-state index in [9.17, 15) is 13.2 Å². The number of alkyl halides is 3. The number of hydrogen-bond acceptors (Lipinski definition) is 2. The first kappa shape index (κ1) is 13.2. The van der Waals surface area contributed by atoms with E-state index in [1.54, 1.807) is 6.07 Å². The van der Waals surface area contributed by atoms with E-state index < -0.39 is 11.7 Å². The topological polar surface area (TPSA) is 21.3 Å². The van der Waals surface area contributed by atoms with E-state index in [1.807, 2.05) is 0 Å². The lowest BCUT2D eigenvalue weighted by molar-refractivity contribution is -0.136. The quantitative estimate of drug-likeness (QED) is 0.893. The maximum Gasteiger partial charge on any atom is 0.418 e. The van der Waals surface area contributed by atoms with Gasteiger partial charge in [-0.2, -0.15) is 13.2 Å². The lowest BCUT2D eigenvalue weighted by Gasteiger charge is -2.15. The van der Waals surface area contributed by atoms with Crippen molar-refractivity contribution in [2.75, 3.05) is 25.1 Å². The molecule has 2 rings (SSSR count). The predicted octanol–water partition coefficient (Wildman–Crippen LogP) is 3.54. The molecule has 1 fully saturated rings. The number of ether oxygens (including phenoxy) is 1. The van der Waals surface area contributed by atoms with E-state index in [0.717, 1.165) is 32.1 Å². The van der Waals surface area contributed by atoms with E-state index in [1.165, 1.54) is 12.1 Å². The van der Waals surface area contributed by atoms with Gasteiger partial charge in [-0.3, -0.25) is 0 Å². The van der Waals surface area contributed by atoms with Gasteiger partial charge in [-0.05, 0) is 30.9 Å². The van der Waals surface area contributed by atoms with Crippen molar-refractivity contribution in [3.63, 3.8) is 0 Å². The van der Waals surface area contributed by atoms with Crippen LogP contribution in [-0.2, 0) is 10.9 Å². The van der Waals surface area contributed by atoms with Gasteiger partial charge in [0.25, 0.3) is 0 Å². The Balaban J connectivity index is 1.92. The molecule has 1 aliphatic heterocycles. The summed E-state index contributed by atoms with van der Waals surface area (Å²) in [5.74, 6) is 0.468. The molecule has 0 aliphatic carbocycles. The zero-order chi connectivity index (χ0) is 13.0. The van der Waals surface area contributed by atoms with Gasteiger partial charge in [-0.25, -0.2) is 0 Å². The standard InChI is InChI=1S/C13H16F3NO/c14-13(15,16)11-3-1-2-4-12(11)17-7-5-10-6-8-18-9-10/h1-4,10,17H,5-9H2. The highest BCUT2D eigenvalue weighted by molar-refractivity contribution is 5.52. The summed E-state index contributed by atoms with van der Waals surface area (Å²) in [5, 5.41) is 2.87. The number of hydrogen-bond donors (Lipinski definition) is 1. The number of halogens is 3. The largest absolute Gasteiger partial charge is 0.418 e. The summed E-state index contributed by atoms with van der Waals surface area (Å²) in [6.07, 6.45) is -2.46. The molecule has 1 aromatic carbocycles. The van der Waals surface area contributed by atoms with Gasteiger partial charge in [0.15, 0.2) is 0 Å². The molecule has 1 unspecified atom stereocenters. The fraction of sp³-hybridized carbons (Fsp3) is 0.538. The van der Waals surface area contributed by atoms with E-state index >= 15 is 0 Å². The van der Waals surface area contributed by atoms with Crippen molar-refractivity contribution in [2.24, 2.45) is 5.92 Å². The van der Waals surface area contributed by atoms with Crippen LogP contribution in [0.15, 0.2) is 24.3 Å². The maximum atomic E-state index is 12.7. The molecule has 1 N–H and O–H groups in total. The highest BCUT2D eigenvalue weighted by Crippen LogP contribution is 2.34. The first-order valence-electron chi connectivity index (χ1n) is 6.05. The summed E-state index contributed by atoms with van der Waals surface area (Å²) in [4.78, 5) is 0. The Hall–Kier alpha value is -1.23.